The molecule has 0 atom stereocenters. The van der Waals surface area contributed by atoms with E-state index >= 15 is 0 Å². The molecular weight excluding hydrogens is 647 g/mol. The van der Waals surface area contributed by atoms with Gasteiger partial charge in [0.05, 0.1) is 10.4 Å². The Morgan fingerprint density at radius 1 is 1.19 bits per heavy atom. The summed E-state index contributed by atoms with van der Waals surface area (Å²) in [7, 11) is -4.38. The van der Waals surface area contributed by atoms with Crippen molar-refractivity contribution in [2.75, 3.05) is 6.54 Å². The van der Waals surface area contributed by atoms with E-state index in [2.05, 4.69) is 31.9 Å². The first kappa shape index (κ1) is 28.4. The monoisotopic (exact) mass is 666 g/mol. The Balaban J connectivity index is 2.13. The largest absolute Gasteiger partial charge is 0.464 e. The van der Waals surface area contributed by atoms with E-state index in [4.69, 9.17) is 16.3 Å². The Hall–Kier alpha value is -2.15. The summed E-state index contributed by atoms with van der Waals surface area (Å²) >= 11 is 12.4. The lowest BCUT2D eigenvalue weighted by molar-refractivity contribution is 0.0392. The van der Waals surface area contributed by atoms with E-state index in [1.807, 2.05) is 0 Å². The maximum Gasteiger partial charge on any atom is 0.424 e. The van der Waals surface area contributed by atoms with Crippen molar-refractivity contribution in [1.82, 2.24) is 8.87 Å². The lowest BCUT2D eigenvalue weighted by atomic mass is 10.1. The first-order chi connectivity index (χ1) is 16.7. The molecule has 0 radical (unpaired) electrons. The van der Waals surface area contributed by atoms with Gasteiger partial charge in [-0.25, -0.2) is 31.3 Å². The molecule has 1 heterocycles. The fourth-order valence-electron chi connectivity index (χ4n) is 3.65. The van der Waals surface area contributed by atoms with Gasteiger partial charge in [0.1, 0.15) is 11.4 Å². The number of hydrogen-bond donors (Lipinski definition) is 1. The number of carbonyl (C=O) groups excluding carboxylic acids is 1. The van der Waals surface area contributed by atoms with E-state index < -0.39 is 40.2 Å². The number of halogens is 4. The molecule has 3 aromatic rings. The van der Waals surface area contributed by atoms with E-state index in [0.717, 1.165) is 10.6 Å². The number of nitrogens with zero attached hydrogens (tertiary/aromatic N) is 2. The smallest absolute Gasteiger partial charge is 0.424 e. The molecule has 8 nitrogen and oxygen atoms in total. The van der Waals surface area contributed by atoms with Crippen LogP contribution in [0.1, 0.15) is 32.0 Å². The molecule has 0 unspecified atom stereocenters. The Bertz CT molecular complexity index is 1440. The van der Waals surface area contributed by atoms with Gasteiger partial charge in [-0.2, -0.15) is 0 Å². The summed E-state index contributed by atoms with van der Waals surface area (Å²) in [5.74, 6) is -0.770. The topological polar surface area (TPSA) is 106 Å². The number of rotatable bonds is 6. The van der Waals surface area contributed by atoms with Gasteiger partial charge in [-0.05, 0) is 69.2 Å². The molecule has 13 heteroatoms. The van der Waals surface area contributed by atoms with Crippen LogP contribution < -0.4 is 0 Å². The number of sulfonamides is 1. The summed E-state index contributed by atoms with van der Waals surface area (Å²) < 4.78 is 48.8. The highest BCUT2D eigenvalue weighted by Crippen LogP contribution is 2.33. The zero-order valence-electron chi connectivity index (χ0n) is 19.4. The Morgan fingerprint density at radius 2 is 1.81 bits per heavy atom. The van der Waals surface area contributed by atoms with Crippen LogP contribution in [0.3, 0.4) is 0 Å². The van der Waals surface area contributed by atoms with Crippen molar-refractivity contribution in [2.24, 2.45) is 0 Å². The number of hydrogen-bond acceptors (Lipinski definition) is 5. The second-order valence-electron chi connectivity index (χ2n) is 8.72. The highest BCUT2D eigenvalue weighted by Gasteiger charge is 2.34. The Kier molecular flexibility index (Phi) is 8.43. The number of ether oxygens (including phenoxy) is 1. The van der Waals surface area contributed by atoms with Crippen molar-refractivity contribution < 1.29 is 32.2 Å². The molecule has 0 bridgehead atoms. The fourth-order valence-corrected chi connectivity index (χ4v) is 6.09. The quantitative estimate of drug-likeness (QED) is 0.290. The number of carboxylic acid groups (broad SMARTS) is 1. The van der Waals surface area contributed by atoms with Crippen LogP contribution in [-0.4, -0.2) is 46.7 Å². The van der Waals surface area contributed by atoms with E-state index in [-0.39, 0.29) is 33.2 Å². The molecule has 0 saturated carbocycles. The van der Waals surface area contributed by atoms with Crippen molar-refractivity contribution in [1.29, 1.82) is 0 Å². The van der Waals surface area contributed by atoms with E-state index in [9.17, 15) is 27.5 Å². The molecule has 194 valence electrons. The third-order valence-corrected chi connectivity index (χ3v) is 8.10. The van der Waals surface area contributed by atoms with E-state index in [0.29, 0.717) is 19.4 Å². The van der Waals surface area contributed by atoms with Gasteiger partial charge >= 0.3 is 12.2 Å². The molecule has 36 heavy (non-hydrogen) atoms. The van der Waals surface area contributed by atoms with Crippen LogP contribution in [0.2, 0.25) is 5.02 Å². The number of carbonyl (C=O) groups is 2. The molecule has 0 fully saturated rings. The number of amides is 1. The summed E-state index contributed by atoms with van der Waals surface area (Å²) in [4.78, 5) is 24.8. The summed E-state index contributed by atoms with van der Waals surface area (Å²) in [5.41, 5.74) is -0.578. The number of aromatic nitrogens is 1. The maximum atomic E-state index is 14.8. The first-order valence-electron chi connectivity index (χ1n) is 10.5. The van der Waals surface area contributed by atoms with Crippen molar-refractivity contribution >= 4 is 76.6 Å². The lowest BCUT2D eigenvalue weighted by Gasteiger charge is -2.27. The molecule has 0 aliphatic carbocycles. The average Bonchev–Trinajstić information content (AvgIpc) is 3.06. The van der Waals surface area contributed by atoms with Gasteiger partial charge in [0.25, 0.3) is 10.0 Å². The van der Waals surface area contributed by atoms with Crippen molar-refractivity contribution in [3.8, 4) is 0 Å². The van der Waals surface area contributed by atoms with Gasteiger partial charge in [-0.3, -0.25) is 0 Å². The minimum absolute atomic E-state index is 0.0384. The van der Waals surface area contributed by atoms with Crippen LogP contribution in [0.4, 0.5) is 14.0 Å². The number of alkyl halides is 1. The third-order valence-electron chi connectivity index (χ3n) is 5.08. The van der Waals surface area contributed by atoms with E-state index in [1.165, 1.54) is 24.3 Å². The van der Waals surface area contributed by atoms with Crippen LogP contribution in [0.15, 0.2) is 45.8 Å². The summed E-state index contributed by atoms with van der Waals surface area (Å²) in [6.45, 7) is 4.40. The number of benzene rings is 2. The highest BCUT2D eigenvalue weighted by atomic mass is 79.9. The molecule has 2 aromatic carbocycles. The van der Waals surface area contributed by atoms with Crippen LogP contribution in [0, 0.1) is 5.82 Å². The standard InChI is InChI=1S/C23H22Br2ClFN2O6S/c1-23(2,3)35-22(32)28(36(33,34)15-6-4-14(26)5-7-15)9-8-16-17-10-13(25)11-18(27)20(17)29(21(30)31)19(16)12-24/h4-7,10-11H,8-9,12H2,1-3H3,(H,30,31). The Labute approximate surface area is 229 Å². The van der Waals surface area contributed by atoms with Gasteiger partial charge in [-0.1, -0.05) is 43.5 Å². The maximum absolute atomic E-state index is 14.8. The SMILES string of the molecule is CC(C)(C)OC(=O)N(CCc1c(CBr)n(C(=O)O)c2c(F)cc(Br)cc12)S(=O)(=O)c1ccc(Cl)cc1. The predicted molar refractivity (Wildman–Crippen MR) is 141 cm³/mol. The van der Waals surface area contributed by atoms with Gasteiger partial charge in [0.2, 0.25) is 0 Å². The second kappa shape index (κ2) is 10.7. The van der Waals surface area contributed by atoms with Gasteiger partial charge < -0.3 is 9.84 Å². The van der Waals surface area contributed by atoms with E-state index in [1.54, 1.807) is 26.8 Å². The van der Waals surface area contributed by atoms with Crippen LogP contribution in [0.5, 0.6) is 0 Å². The van der Waals surface area contributed by atoms with Crippen LogP contribution >= 0.6 is 43.5 Å². The second-order valence-corrected chi connectivity index (χ2v) is 12.5. The zero-order valence-corrected chi connectivity index (χ0v) is 24.1. The summed E-state index contributed by atoms with van der Waals surface area (Å²) in [6.07, 6.45) is -2.62. The molecule has 1 N–H and O–H groups in total. The molecule has 0 spiro atoms. The van der Waals surface area contributed by atoms with Crippen LogP contribution in [-0.2, 0) is 26.5 Å². The molecular formula is C23H22Br2ClFN2O6S. The van der Waals surface area contributed by atoms with Crippen molar-refractivity contribution in [3.05, 3.63) is 63.0 Å². The molecule has 0 aliphatic rings. The summed E-state index contributed by atoms with van der Waals surface area (Å²) in [5, 5.41) is 10.4. The fraction of sp³-hybridized carbons (Fsp3) is 0.304. The highest BCUT2D eigenvalue weighted by molar-refractivity contribution is 9.10. The molecule has 1 aromatic heterocycles. The zero-order chi connectivity index (χ0) is 27.0. The van der Waals surface area contributed by atoms with Gasteiger partial charge in [-0.15, -0.1) is 0 Å². The van der Waals surface area contributed by atoms with Gasteiger partial charge in [0, 0.05) is 32.5 Å². The first-order valence-corrected chi connectivity index (χ1v) is 14.2. The number of fused-ring (bicyclic) bond motifs is 1. The lowest BCUT2D eigenvalue weighted by Crippen LogP contribution is -2.42. The molecule has 0 aliphatic heterocycles. The summed E-state index contributed by atoms with van der Waals surface area (Å²) in [6, 6.07) is 7.98. The van der Waals surface area contributed by atoms with Crippen molar-refractivity contribution in [3.63, 3.8) is 0 Å². The molecule has 0 saturated heterocycles. The van der Waals surface area contributed by atoms with Crippen molar-refractivity contribution in [2.45, 2.75) is 43.0 Å². The third kappa shape index (κ3) is 5.87. The minimum Gasteiger partial charge on any atom is -0.464 e. The minimum atomic E-state index is -4.38. The molecule has 3 rings (SSSR count). The Morgan fingerprint density at radius 3 is 2.33 bits per heavy atom. The predicted octanol–water partition coefficient (Wildman–Crippen LogP) is 6.79. The normalized spacial score (nSPS) is 12.1. The van der Waals surface area contributed by atoms with Crippen LogP contribution in [0.25, 0.3) is 10.9 Å². The average molecular weight is 669 g/mol. The van der Waals surface area contributed by atoms with Gasteiger partial charge in [0.15, 0.2) is 0 Å². The molecule has 1 amide bonds.